The zero-order chi connectivity index (χ0) is 26.8. The maximum atomic E-state index is 12.4. The van der Waals surface area contributed by atoms with Crippen molar-refractivity contribution in [1.29, 1.82) is 0 Å². The van der Waals surface area contributed by atoms with Crippen LogP contribution in [0, 0.1) is 0 Å². The van der Waals surface area contributed by atoms with E-state index in [9.17, 15) is 19.2 Å². The summed E-state index contributed by atoms with van der Waals surface area (Å²) in [6.07, 6.45) is 3.86. The number of methoxy groups -OCH3 is 1. The number of ketones is 1. The number of benzene rings is 3. The van der Waals surface area contributed by atoms with Gasteiger partial charge in [0, 0.05) is 31.5 Å². The van der Waals surface area contributed by atoms with Crippen LogP contribution in [-0.4, -0.2) is 30.7 Å². The van der Waals surface area contributed by atoms with E-state index in [0.717, 1.165) is 5.56 Å². The number of amides is 1. The van der Waals surface area contributed by atoms with Crippen molar-refractivity contribution in [3.05, 3.63) is 89.5 Å². The van der Waals surface area contributed by atoms with Gasteiger partial charge in [-0.2, -0.15) is 0 Å². The summed E-state index contributed by atoms with van der Waals surface area (Å²) in [6, 6.07) is 18.8. The number of carbonyl (C=O) groups excluding carboxylic acids is 4. The van der Waals surface area contributed by atoms with Crippen molar-refractivity contribution in [2.45, 2.75) is 26.7 Å². The molecule has 0 fully saturated rings. The first kappa shape index (κ1) is 26.9. The third kappa shape index (κ3) is 8.47. The summed E-state index contributed by atoms with van der Waals surface area (Å²) in [7, 11) is 1.57. The van der Waals surface area contributed by atoms with Gasteiger partial charge in [0.05, 0.1) is 7.11 Å². The smallest absolute Gasteiger partial charge is 0.308 e. The van der Waals surface area contributed by atoms with Gasteiger partial charge in [0.2, 0.25) is 0 Å². The average Bonchev–Trinajstić information content (AvgIpc) is 2.87. The third-order valence-corrected chi connectivity index (χ3v) is 5.16. The van der Waals surface area contributed by atoms with Crippen molar-refractivity contribution in [1.82, 2.24) is 0 Å². The largest absolute Gasteiger partial charge is 0.497 e. The molecule has 0 heterocycles. The fraction of sp³-hybridized carbons (Fsp3) is 0.172. The molecule has 190 valence electrons. The van der Waals surface area contributed by atoms with Crippen LogP contribution in [0.4, 0.5) is 5.69 Å². The summed E-state index contributed by atoms with van der Waals surface area (Å²) >= 11 is 0. The van der Waals surface area contributed by atoms with Gasteiger partial charge in [-0.3, -0.25) is 19.2 Å². The van der Waals surface area contributed by atoms with Crippen LogP contribution in [0.25, 0.3) is 6.08 Å². The van der Waals surface area contributed by atoms with Gasteiger partial charge in [-0.15, -0.1) is 0 Å². The van der Waals surface area contributed by atoms with Crippen LogP contribution in [0.5, 0.6) is 17.2 Å². The normalized spacial score (nSPS) is 10.6. The summed E-state index contributed by atoms with van der Waals surface area (Å²) in [5, 5.41) is 2.84. The molecule has 3 aromatic carbocycles. The van der Waals surface area contributed by atoms with E-state index in [1.54, 1.807) is 55.7 Å². The fourth-order valence-electron chi connectivity index (χ4n) is 3.34. The lowest BCUT2D eigenvalue weighted by Gasteiger charge is -2.09. The number of hydrogen-bond acceptors (Lipinski definition) is 7. The van der Waals surface area contributed by atoms with Crippen LogP contribution in [0.3, 0.4) is 0 Å². The van der Waals surface area contributed by atoms with Gasteiger partial charge in [0.25, 0.3) is 5.91 Å². The Bertz CT molecular complexity index is 1310. The quantitative estimate of drug-likeness (QED) is 0.236. The summed E-state index contributed by atoms with van der Waals surface area (Å²) in [6.45, 7) is 2.49. The molecule has 0 aliphatic carbocycles. The molecule has 0 saturated carbocycles. The molecule has 37 heavy (non-hydrogen) atoms. The van der Waals surface area contributed by atoms with E-state index in [0.29, 0.717) is 29.0 Å². The predicted molar refractivity (Wildman–Crippen MR) is 139 cm³/mol. The Hall–Kier alpha value is -4.72. The number of aryl methyl sites for hydroxylation is 1. The van der Waals surface area contributed by atoms with E-state index in [-0.39, 0.29) is 29.6 Å². The Labute approximate surface area is 214 Å². The number of ether oxygens (including phenoxy) is 3. The van der Waals surface area contributed by atoms with Crippen molar-refractivity contribution in [3.63, 3.8) is 0 Å². The van der Waals surface area contributed by atoms with E-state index in [2.05, 4.69) is 5.32 Å². The Morgan fingerprint density at radius 3 is 2.08 bits per heavy atom. The monoisotopic (exact) mass is 501 g/mol. The molecular formula is C29H27NO7. The first-order valence-corrected chi connectivity index (χ1v) is 11.5. The van der Waals surface area contributed by atoms with Crippen LogP contribution in [0.2, 0.25) is 0 Å². The summed E-state index contributed by atoms with van der Waals surface area (Å²) in [5.74, 6) is -0.527. The second-order valence-corrected chi connectivity index (χ2v) is 8.07. The van der Waals surface area contributed by atoms with Crippen molar-refractivity contribution in [2.24, 2.45) is 0 Å². The second-order valence-electron chi connectivity index (χ2n) is 8.07. The highest BCUT2D eigenvalue weighted by Crippen LogP contribution is 2.29. The Balaban J connectivity index is 1.54. The number of nitrogens with one attached hydrogen (secondary N) is 1. The van der Waals surface area contributed by atoms with Crippen LogP contribution in [0.1, 0.15) is 41.8 Å². The molecule has 0 aliphatic heterocycles. The van der Waals surface area contributed by atoms with Crippen molar-refractivity contribution in [2.75, 3.05) is 12.4 Å². The standard InChI is InChI=1S/C29H27NO7/c1-19(31)36-27-17-8-22(18-28(27)37-20(2)32)7-14-25(33)13-6-21-4-11-24(12-5-21)30-29(34)23-9-15-26(35-3)16-10-23/h4-5,7-12,14-18H,6,13H2,1-3H3,(H,30,34)/b14-7+. The molecule has 1 amide bonds. The number of hydrogen-bond donors (Lipinski definition) is 1. The highest BCUT2D eigenvalue weighted by atomic mass is 16.6. The highest BCUT2D eigenvalue weighted by molar-refractivity contribution is 6.04. The van der Waals surface area contributed by atoms with Gasteiger partial charge in [-0.25, -0.2) is 0 Å². The fourth-order valence-corrected chi connectivity index (χ4v) is 3.34. The first-order valence-electron chi connectivity index (χ1n) is 11.5. The van der Waals surface area contributed by atoms with Gasteiger partial charge >= 0.3 is 11.9 Å². The lowest BCUT2D eigenvalue weighted by atomic mass is 10.1. The molecule has 0 aromatic heterocycles. The Morgan fingerprint density at radius 2 is 1.46 bits per heavy atom. The van der Waals surface area contributed by atoms with E-state index in [1.165, 1.54) is 32.1 Å². The van der Waals surface area contributed by atoms with Crippen molar-refractivity contribution in [3.8, 4) is 17.2 Å². The minimum Gasteiger partial charge on any atom is -0.497 e. The van der Waals surface area contributed by atoms with Crippen molar-refractivity contribution >= 4 is 35.4 Å². The first-order chi connectivity index (χ1) is 17.7. The van der Waals surface area contributed by atoms with Crippen LogP contribution in [0.15, 0.2) is 72.8 Å². The lowest BCUT2D eigenvalue weighted by molar-refractivity contribution is -0.134. The highest BCUT2D eigenvalue weighted by Gasteiger charge is 2.11. The maximum absolute atomic E-state index is 12.4. The zero-order valence-corrected chi connectivity index (χ0v) is 20.8. The lowest BCUT2D eigenvalue weighted by Crippen LogP contribution is -2.11. The minimum absolute atomic E-state index is 0.0880. The SMILES string of the molecule is COc1ccc(C(=O)Nc2ccc(CCC(=O)/C=C/c3ccc(OC(C)=O)c(OC(C)=O)c3)cc2)cc1. The molecule has 0 radical (unpaired) electrons. The molecule has 1 N–H and O–H groups in total. The number of allylic oxidation sites excluding steroid dienone is 1. The number of anilines is 1. The van der Waals surface area contributed by atoms with Crippen LogP contribution in [-0.2, 0) is 20.8 Å². The van der Waals surface area contributed by atoms with E-state index in [1.807, 2.05) is 12.1 Å². The summed E-state index contributed by atoms with van der Waals surface area (Å²) < 4.78 is 15.2. The van der Waals surface area contributed by atoms with Crippen LogP contribution >= 0.6 is 0 Å². The Morgan fingerprint density at radius 1 is 0.811 bits per heavy atom. The van der Waals surface area contributed by atoms with Gasteiger partial charge in [0.15, 0.2) is 17.3 Å². The minimum atomic E-state index is -0.558. The van der Waals surface area contributed by atoms with Gasteiger partial charge in [-0.1, -0.05) is 24.3 Å². The maximum Gasteiger partial charge on any atom is 0.308 e. The van der Waals surface area contributed by atoms with E-state index in [4.69, 9.17) is 14.2 Å². The van der Waals surface area contributed by atoms with Crippen LogP contribution < -0.4 is 19.5 Å². The molecule has 3 rings (SSSR count). The average molecular weight is 502 g/mol. The van der Waals surface area contributed by atoms with Gasteiger partial charge in [0.1, 0.15) is 5.75 Å². The van der Waals surface area contributed by atoms with E-state index >= 15 is 0 Å². The molecule has 0 atom stereocenters. The van der Waals surface area contributed by atoms with E-state index < -0.39 is 11.9 Å². The van der Waals surface area contributed by atoms with Crippen molar-refractivity contribution < 1.29 is 33.4 Å². The molecule has 0 bridgehead atoms. The predicted octanol–water partition coefficient (Wildman–Crippen LogP) is 5.01. The molecule has 0 saturated heterocycles. The number of rotatable bonds is 10. The number of esters is 2. The second kappa shape index (κ2) is 12.8. The number of carbonyl (C=O) groups is 4. The van der Waals surface area contributed by atoms with Gasteiger partial charge in [-0.05, 0) is 72.2 Å². The Kier molecular flexibility index (Phi) is 9.32. The molecular weight excluding hydrogens is 474 g/mol. The molecule has 3 aromatic rings. The summed E-state index contributed by atoms with van der Waals surface area (Å²) in [4.78, 5) is 47.4. The molecule has 0 unspecified atom stereocenters. The summed E-state index contributed by atoms with van der Waals surface area (Å²) in [5.41, 5.74) is 2.73. The molecule has 0 spiro atoms. The zero-order valence-electron chi connectivity index (χ0n) is 20.8. The molecule has 8 nitrogen and oxygen atoms in total. The molecule has 8 heteroatoms. The van der Waals surface area contributed by atoms with Gasteiger partial charge < -0.3 is 19.5 Å². The third-order valence-electron chi connectivity index (χ3n) is 5.16. The molecule has 0 aliphatic rings. The topological polar surface area (TPSA) is 108 Å².